The molecule has 0 aliphatic heterocycles. The maximum atomic E-state index is 13.5. The second-order valence-electron chi connectivity index (χ2n) is 7.97. The summed E-state index contributed by atoms with van der Waals surface area (Å²) < 4.78 is 15.3. The number of rotatable bonds is 6. The predicted molar refractivity (Wildman–Crippen MR) is 139 cm³/mol. The lowest BCUT2D eigenvalue weighted by molar-refractivity contribution is 0.102. The first-order valence-corrected chi connectivity index (χ1v) is 11.2. The van der Waals surface area contributed by atoms with Gasteiger partial charge in [-0.15, -0.1) is 0 Å². The van der Waals surface area contributed by atoms with Gasteiger partial charge in [-0.1, -0.05) is 35.9 Å². The molecule has 0 aliphatic rings. The fraction of sp³-hybridized carbons (Fsp3) is 0.0400. The maximum absolute atomic E-state index is 13.5. The highest BCUT2D eigenvalue weighted by molar-refractivity contribution is 6.31. The summed E-state index contributed by atoms with van der Waals surface area (Å²) in [4.78, 5) is 25.6. The van der Waals surface area contributed by atoms with Gasteiger partial charge in [0, 0.05) is 11.3 Å². The van der Waals surface area contributed by atoms with Crippen LogP contribution in [-0.2, 0) is 6.54 Å². The standard InChI is InChI=1S/C25H20ClFN8O/c26-17-11-16(9-10-18(17)27)31-22-21-23(34-25(29)33-22)35(13-30-21)12-14-5-7-15(8-6-14)24(36)32-20-4-2-1-3-19(20)28/h1-11,13H,12,28H2,(H,32,36)(H3,29,31,33,34). The third-order valence-corrected chi connectivity index (χ3v) is 5.73. The zero-order valence-electron chi connectivity index (χ0n) is 18.7. The monoisotopic (exact) mass is 502 g/mol. The highest BCUT2D eigenvalue weighted by Gasteiger charge is 2.14. The van der Waals surface area contributed by atoms with Crippen LogP contribution in [0.1, 0.15) is 15.9 Å². The molecule has 11 heteroatoms. The van der Waals surface area contributed by atoms with E-state index in [-0.39, 0.29) is 16.9 Å². The molecular weight excluding hydrogens is 483 g/mol. The molecule has 180 valence electrons. The van der Waals surface area contributed by atoms with Crippen molar-refractivity contribution in [3.05, 3.63) is 95.0 Å². The minimum absolute atomic E-state index is 0.0202. The fourth-order valence-corrected chi connectivity index (χ4v) is 3.82. The molecule has 1 amide bonds. The molecule has 0 spiro atoms. The van der Waals surface area contributed by atoms with E-state index in [0.717, 1.165) is 5.56 Å². The van der Waals surface area contributed by atoms with E-state index in [0.29, 0.717) is 46.2 Å². The van der Waals surface area contributed by atoms with Crippen molar-refractivity contribution in [2.24, 2.45) is 0 Å². The first-order chi connectivity index (χ1) is 17.4. The zero-order chi connectivity index (χ0) is 25.2. The van der Waals surface area contributed by atoms with Gasteiger partial charge in [0.1, 0.15) is 5.82 Å². The van der Waals surface area contributed by atoms with Crippen molar-refractivity contribution < 1.29 is 9.18 Å². The predicted octanol–water partition coefficient (Wildman–Crippen LogP) is 4.83. The van der Waals surface area contributed by atoms with Crippen molar-refractivity contribution in [3.63, 3.8) is 0 Å². The van der Waals surface area contributed by atoms with E-state index >= 15 is 0 Å². The Balaban J connectivity index is 1.35. The van der Waals surface area contributed by atoms with Gasteiger partial charge in [-0.25, -0.2) is 9.37 Å². The number of anilines is 5. The lowest BCUT2D eigenvalue weighted by Crippen LogP contribution is -2.13. The largest absolute Gasteiger partial charge is 0.397 e. The van der Waals surface area contributed by atoms with Gasteiger partial charge < -0.3 is 26.7 Å². The van der Waals surface area contributed by atoms with Crippen LogP contribution in [0.15, 0.2) is 73.1 Å². The van der Waals surface area contributed by atoms with Crippen LogP contribution >= 0.6 is 11.6 Å². The average molecular weight is 503 g/mol. The topological polar surface area (TPSA) is 137 Å². The highest BCUT2D eigenvalue weighted by Crippen LogP contribution is 2.27. The Labute approximate surface area is 210 Å². The van der Waals surface area contributed by atoms with E-state index in [1.807, 2.05) is 16.7 Å². The molecule has 3 aromatic carbocycles. The molecule has 0 radical (unpaired) electrons. The third kappa shape index (κ3) is 4.75. The Morgan fingerprint density at radius 1 is 1.03 bits per heavy atom. The number of nitrogens with two attached hydrogens (primary N) is 2. The van der Waals surface area contributed by atoms with Gasteiger partial charge in [0.2, 0.25) is 5.95 Å². The SMILES string of the molecule is Nc1nc(Nc2ccc(F)c(Cl)c2)c2ncn(Cc3ccc(C(=O)Nc4ccccc4N)cc3)c2n1. The second-order valence-corrected chi connectivity index (χ2v) is 8.37. The molecule has 0 unspecified atom stereocenters. The molecule has 0 atom stereocenters. The average Bonchev–Trinajstić information content (AvgIpc) is 3.26. The van der Waals surface area contributed by atoms with Gasteiger partial charge in [0.25, 0.3) is 5.91 Å². The number of nitrogen functional groups attached to an aromatic ring is 2. The van der Waals surface area contributed by atoms with Gasteiger partial charge in [-0.3, -0.25) is 4.79 Å². The van der Waals surface area contributed by atoms with E-state index in [4.69, 9.17) is 23.1 Å². The van der Waals surface area contributed by atoms with Gasteiger partial charge in [-0.05, 0) is 48.0 Å². The van der Waals surface area contributed by atoms with Crippen molar-refractivity contribution in [1.29, 1.82) is 0 Å². The van der Waals surface area contributed by atoms with E-state index in [1.165, 1.54) is 18.2 Å². The van der Waals surface area contributed by atoms with E-state index in [1.54, 1.807) is 42.7 Å². The minimum atomic E-state index is -0.522. The Bertz CT molecular complexity index is 1590. The molecule has 36 heavy (non-hydrogen) atoms. The number of carbonyl (C=O) groups excluding carboxylic acids is 1. The maximum Gasteiger partial charge on any atom is 0.255 e. The summed E-state index contributed by atoms with van der Waals surface area (Å²) in [6.07, 6.45) is 1.63. The molecular formula is C25H20ClFN8O. The van der Waals surface area contributed by atoms with E-state index < -0.39 is 5.82 Å². The summed E-state index contributed by atoms with van der Waals surface area (Å²) in [5.41, 5.74) is 15.8. The van der Waals surface area contributed by atoms with Crippen LogP contribution in [0.4, 0.5) is 33.2 Å². The van der Waals surface area contributed by atoms with Crippen molar-refractivity contribution in [2.75, 3.05) is 22.1 Å². The van der Waals surface area contributed by atoms with Crippen molar-refractivity contribution >= 4 is 57.5 Å². The van der Waals surface area contributed by atoms with Crippen LogP contribution in [0.25, 0.3) is 11.2 Å². The van der Waals surface area contributed by atoms with Crippen LogP contribution in [0, 0.1) is 5.82 Å². The summed E-state index contributed by atoms with van der Waals surface area (Å²) in [5, 5.41) is 5.85. The van der Waals surface area contributed by atoms with Crippen molar-refractivity contribution in [3.8, 4) is 0 Å². The van der Waals surface area contributed by atoms with Crippen LogP contribution in [0.2, 0.25) is 5.02 Å². The molecule has 6 N–H and O–H groups in total. The smallest absolute Gasteiger partial charge is 0.255 e. The summed E-state index contributed by atoms with van der Waals surface area (Å²) in [7, 11) is 0. The quantitative estimate of drug-likeness (QED) is 0.244. The molecule has 0 saturated heterocycles. The Morgan fingerprint density at radius 2 is 1.81 bits per heavy atom. The summed E-state index contributed by atoms with van der Waals surface area (Å²) in [5.74, 6) is -0.366. The molecule has 0 saturated carbocycles. The lowest BCUT2D eigenvalue weighted by atomic mass is 10.1. The van der Waals surface area contributed by atoms with Gasteiger partial charge in [-0.2, -0.15) is 9.97 Å². The zero-order valence-corrected chi connectivity index (χ0v) is 19.5. The molecule has 0 aliphatic carbocycles. The Morgan fingerprint density at radius 3 is 2.56 bits per heavy atom. The Kier molecular flexibility index (Phi) is 6.09. The lowest BCUT2D eigenvalue weighted by Gasteiger charge is -2.10. The number of aromatic nitrogens is 4. The van der Waals surface area contributed by atoms with E-state index in [9.17, 15) is 9.18 Å². The van der Waals surface area contributed by atoms with Crippen LogP contribution in [0.5, 0.6) is 0 Å². The van der Waals surface area contributed by atoms with E-state index in [2.05, 4.69) is 25.6 Å². The van der Waals surface area contributed by atoms with Gasteiger partial charge in [0.05, 0.1) is 29.3 Å². The molecule has 0 fully saturated rings. The molecule has 0 bridgehead atoms. The summed E-state index contributed by atoms with van der Waals surface area (Å²) in [6.45, 7) is 0.433. The number of imidazole rings is 1. The number of hydrogen-bond donors (Lipinski definition) is 4. The second kappa shape index (κ2) is 9.51. The number of hydrogen-bond acceptors (Lipinski definition) is 7. The van der Waals surface area contributed by atoms with Crippen LogP contribution in [-0.4, -0.2) is 25.4 Å². The molecule has 2 aromatic heterocycles. The van der Waals surface area contributed by atoms with Crippen LogP contribution in [0.3, 0.4) is 0 Å². The van der Waals surface area contributed by atoms with Crippen molar-refractivity contribution in [1.82, 2.24) is 19.5 Å². The number of para-hydroxylation sites is 2. The molecule has 2 heterocycles. The minimum Gasteiger partial charge on any atom is -0.397 e. The number of benzene rings is 3. The number of nitrogens with zero attached hydrogens (tertiary/aromatic N) is 4. The Hall–Kier alpha value is -4.70. The number of carbonyl (C=O) groups is 1. The fourth-order valence-electron chi connectivity index (χ4n) is 3.64. The third-order valence-electron chi connectivity index (χ3n) is 5.44. The molecule has 9 nitrogen and oxygen atoms in total. The number of nitrogens with one attached hydrogen (secondary N) is 2. The van der Waals surface area contributed by atoms with Gasteiger partial charge >= 0.3 is 0 Å². The number of amides is 1. The van der Waals surface area contributed by atoms with Gasteiger partial charge in [0.15, 0.2) is 17.0 Å². The number of fused-ring (bicyclic) bond motifs is 1. The highest BCUT2D eigenvalue weighted by atomic mass is 35.5. The first kappa shape index (κ1) is 23.1. The molecule has 5 rings (SSSR count). The summed E-state index contributed by atoms with van der Waals surface area (Å²) >= 11 is 5.88. The van der Waals surface area contributed by atoms with Crippen LogP contribution < -0.4 is 22.1 Å². The first-order valence-electron chi connectivity index (χ1n) is 10.8. The molecule has 5 aromatic rings. The summed E-state index contributed by atoms with van der Waals surface area (Å²) in [6, 6.07) is 18.5. The normalized spacial score (nSPS) is 10.9. The van der Waals surface area contributed by atoms with Crippen molar-refractivity contribution in [2.45, 2.75) is 6.54 Å². The number of halogens is 2.